The number of hydrogen-bond acceptors (Lipinski definition) is 4. The predicted molar refractivity (Wildman–Crippen MR) is 86.0 cm³/mol. The van der Waals surface area contributed by atoms with E-state index in [1.807, 2.05) is 36.4 Å². The summed E-state index contributed by atoms with van der Waals surface area (Å²) in [6, 6.07) is 14.8. The molecular weight excluding hydrogens is 294 g/mol. The van der Waals surface area contributed by atoms with Gasteiger partial charge in [0.25, 0.3) is 0 Å². The van der Waals surface area contributed by atoms with Crippen LogP contribution in [0, 0.1) is 0 Å². The maximum Gasteiger partial charge on any atom is 0.323 e. The van der Waals surface area contributed by atoms with Crippen molar-refractivity contribution in [1.29, 1.82) is 0 Å². The number of carboxylic acid groups (broad SMARTS) is 1. The lowest BCUT2D eigenvalue weighted by Gasteiger charge is -2.00. The van der Waals surface area contributed by atoms with Gasteiger partial charge in [0, 0.05) is 11.3 Å². The minimum absolute atomic E-state index is 0.175. The number of anilines is 1. The van der Waals surface area contributed by atoms with E-state index in [0.29, 0.717) is 17.3 Å². The highest BCUT2D eigenvalue weighted by Gasteiger charge is 2.17. The van der Waals surface area contributed by atoms with Gasteiger partial charge in [0.15, 0.2) is 5.82 Å². The zero-order valence-electron chi connectivity index (χ0n) is 12.0. The van der Waals surface area contributed by atoms with E-state index < -0.39 is 5.97 Å². The molecule has 0 bridgehead atoms. The Bertz CT molecular complexity index is 1050. The first-order valence-electron chi connectivity index (χ1n) is 7.05. The summed E-state index contributed by atoms with van der Waals surface area (Å²) in [5, 5.41) is 13.7. The molecule has 2 aromatic heterocycles. The highest BCUT2D eigenvalue weighted by molar-refractivity contribution is 5.83. The molecule has 3 N–H and O–H groups in total. The Labute approximate surface area is 130 Å². The van der Waals surface area contributed by atoms with Crippen LogP contribution >= 0.6 is 0 Å². The monoisotopic (exact) mass is 307 g/mol. The van der Waals surface area contributed by atoms with Gasteiger partial charge in [-0.05, 0) is 24.3 Å². The minimum Gasteiger partial charge on any atom is -0.480 e. The number of rotatable bonds is 3. The number of fused-ring (bicyclic) bond motifs is 3. The summed E-state index contributed by atoms with van der Waals surface area (Å²) < 4.78 is 3.30. The molecule has 7 nitrogen and oxygen atoms in total. The summed E-state index contributed by atoms with van der Waals surface area (Å²) in [4.78, 5) is 15.7. The molecule has 114 valence electrons. The number of nitrogens with two attached hydrogens (primary N) is 1. The van der Waals surface area contributed by atoms with Gasteiger partial charge >= 0.3 is 5.97 Å². The van der Waals surface area contributed by atoms with Crippen molar-refractivity contribution in [2.45, 2.75) is 6.54 Å². The molecule has 0 aliphatic rings. The third-order valence-corrected chi connectivity index (χ3v) is 3.67. The van der Waals surface area contributed by atoms with Crippen LogP contribution < -0.4 is 5.73 Å². The van der Waals surface area contributed by atoms with E-state index in [9.17, 15) is 4.79 Å². The Hall–Kier alpha value is -3.35. The largest absolute Gasteiger partial charge is 0.480 e. The Morgan fingerprint density at radius 2 is 1.91 bits per heavy atom. The number of carbonyl (C=O) groups is 1. The van der Waals surface area contributed by atoms with E-state index in [1.165, 1.54) is 0 Å². The van der Waals surface area contributed by atoms with Gasteiger partial charge in [0.2, 0.25) is 5.78 Å². The lowest BCUT2D eigenvalue weighted by Crippen LogP contribution is -2.08. The van der Waals surface area contributed by atoms with Crippen molar-refractivity contribution in [1.82, 2.24) is 19.2 Å². The zero-order chi connectivity index (χ0) is 16.0. The average Bonchev–Trinajstić information content (AvgIpc) is 3.07. The van der Waals surface area contributed by atoms with Crippen molar-refractivity contribution in [3.05, 3.63) is 48.5 Å². The van der Waals surface area contributed by atoms with Crippen LogP contribution in [0.1, 0.15) is 0 Å². The second kappa shape index (κ2) is 4.84. The fourth-order valence-corrected chi connectivity index (χ4v) is 2.71. The molecule has 0 amide bonds. The van der Waals surface area contributed by atoms with Crippen molar-refractivity contribution < 1.29 is 9.90 Å². The molecule has 0 saturated heterocycles. The molecule has 2 heterocycles. The third-order valence-electron chi connectivity index (χ3n) is 3.67. The fourth-order valence-electron chi connectivity index (χ4n) is 2.71. The molecule has 0 aliphatic heterocycles. The Morgan fingerprint density at radius 3 is 2.65 bits per heavy atom. The topological polar surface area (TPSA) is 98.4 Å². The number of imidazole rings is 1. The lowest BCUT2D eigenvalue weighted by atomic mass is 10.2. The Morgan fingerprint density at radius 1 is 1.13 bits per heavy atom. The number of aliphatic carboxylic acids is 1. The summed E-state index contributed by atoms with van der Waals surface area (Å²) in [6.07, 6.45) is 0. The quantitative estimate of drug-likeness (QED) is 0.564. The van der Waals surface area contributed by atoms with Crippen LogP contribution in [0.2, 0.25) is 0 Å². The maximum absolute atomic E-state index is 11.2. The smallest absolute Gasteiger partial charge is 0.323 e. The van der Waals surface area contributed by atoms with Crippen LogP contribution in [-0.2, 0) is 11.3 Å². The van der Waals surface area contributed by atoms with E-state index in [1.54, 1.807) is 21.2 Å². The molecule has 0 atom stereocenters. The summed E-state index contributed by atoms with van der Waals surface area (Å²) >= 11 is 0. The number of nitrogen functional groups attached to an aromatic ring is 1. The van der Waals surface area contributed by atoms with Crippen molar-refractivity contribution in [3.63, 3.8) is 0 Å². The average molecular weight is 307 g/mol. The number of benzene rings is 2. The van der Waals surface area contributed by atoms with Crippen LogP contribution in [-0.4, -0.2) is 30.2 Å². The van der Waals surface area contributed by atoms with E-state index in [-0.39, 0.29) is 6.54 Å². The van der Waals surface area contributed by atoms with Crippen molar-refractivity contribution >= 4 is 28.5 Å². The van der Waals surface area contributed by atoms with E-state index in [4.69, 9.17) is 10.8 Å². The first kappa shape index (κ1) is 13.3. The summed E-state index contributed by atoms with van der Waals surface area (Å²) in [5.41, 5.74) is 8.82. The van der Waals surface area contributed by atoms with Gasteiger partial charge in [-0.15, -0.1) is 5.10 Å². The Kier molecular flexibility index (Phi) is 2.80. The fraction of sp³-hybridized carbons (Fsp3) is 0.0625. The number of para-hydroxylation sites is 2. The number of carboxylic acids is 1. The lowest BCUT2D eigenvalue weighted by molar-refractivity contribution is -0.137. The molecule has 0 saturated carbocycles. The zero-order valence-corrected chi connectivity index (χ0v) is 12.0. The van der Waals surface area contributed by atoms with E-state index in [0.717, 1.165) is 16.6 Å². The molecular formula is C16H13N5O2. The van der Waals surface area contributed by atoms with Crippen LogP contribution in [0.15, 0.2) is 48.5 Å². The number of nitrogens with zero attached hydrogens (tertiary/aromatic N) is 4. The molecule has 0 aliphatic carbocycles. The molecule has 2 aromatic carbocycles. The molecule has 4 aromatic rings. The van der Waals surface area contributed by atoms with Gasteiger partial charge in [-0.3, -0.25) is 9.36 Å². The molecule has 0 radical (unpaired) electrons. The van der Waals surface area contributed by atoms with Crippen LogP contribution in [0.25, 0.3) is 28.2 Å². The van der Waals surface area contributed by atoms with Crippen LogP contribution in [0.4, 0.5) is 5.69 Å². The van der Waals surface area contributed by atoms with Gasteiger partial charge in [-0.2, -0.15) is 9.50 Å². The van der Waals surface area contributed by atoms with Gasteiger partial charge < -0.3 is 10.8 Å². The van der Waals surface area contributed by atoms with Gasteiger partial charge in [-0.1, -0.05) is 24.3 Å². The molecule has 0 unspecified atom stereocenters. The van der Waals surface area contributed by atoms with Crippen molar-refractivity contribution in [2.75, 3.05) is 5.73 Å². The minimum atomic E-state index is -0.929. The van der Waals surface area contributed by atoms with Gasteiger partial charge in [-0.25, -0.2) is 0 Å². The molecule has 23 heavy (non-hydrogen) atoms. The first-order valence-corrected chi connectivity index (χ1v) is 7.05. The SMILES string of the molecule is Nc1cccc(-c2nc3n(CC(=O)O)c4ccccc4n3n2)c1. The molecule has 4 rings (SSSR count). The van der Waals surface area contributed by atoms with Crippen LogP contribution in [0.5, 0.6) is 0 Å². The normalized spacial score (nSPS) is 11.3. The number of hydrogen-bond donors (Lipinski definition) is 2. The van der Waals surface area contributed by atoms with E-state index >= 15 is 0 Å². The standard InChI is InChI=1S/C16H13N5O2/c17-11-5-3-4-10(8-11)15-18-16-20(9-14(22)23)12-6-1-2-7-13(12)21(16)19-15/h1-8H,9,17H2,(H,22,23). The molecule has 0 fully saturated rings. The highest BCUT2D eigenvalue weighted by Crippen LogP contribution is 2.24. The summed E-state index contributed by atoms with van der Waals surface area (Å²) in [5.74, 6) is 0.0741. The molecule has 7 heteroatoms. The van der Waals surface area contributed by atoms with Crippen LogP contribution in [0.3, 0.4) is 0 Å². The van der Waals surface area contributed by atoms with Crippen molar-refractivity contribution in [2.24, 2.45) is 0 Å². The number of aromatic nitrogens is 4. The van der Waals surface area contributed by atoms with Gasteiger partial charge in [0.05, 0.1) is 11.0 Å². The third kappa shape index (κ3) is 2.10. The summed E-state index contributed by atoms with van der Waals surface area (Å²) in [6.45, 7) is -0.175. The predicted octanol–water partition coefficient (Wildman–Crippen LogP) is 2.02. The van der Waals surface area contributed by atoms with Gasteiger partial charge in [0.1, 0.15) is 6.54 Å². The second-order valence-corrected chi connectivity index (χ2v) is 5.24. The summed E-state index contributed by atoms with van der Waals surface area (Å²) in [7, 11) is 0. The second-order valence-electron chi connectivity index (χ2n) is 5.24. The highest BCUT2D eigenvalue weighted by atomic mass is 16.4. The first-order chi connectivity index (χ1) is 11.1. The van der Waals surface area contributed by atoms with Crippen molar-refractivity contribution in [3.8, 4) is 11.4 Å². The Balaban J connectivity index is 2.00. The maximum atomic E-state index is 11.2. The molecule has 0 spiro atoms. The van der Waals surface area contributed by atoms with E-state index in [2.05, 4.69) is 10.1 Å².